The zero-order valence-electron chi connectivity index (χ0n) is 7.37. The van der Waals surface area contributed by atoms with Crippen molar-refractivity contribution in [3.8, 4) is 11.1 Å². The fraction of sp³-hybridized carbons (Fsp3) is 0. The molecule has 2 rings (SSSR count). The highest BCUT2D eigenvalue weighted by atomic mass is 127. The fourth-order valence-electron chi connectivity index (χ4n) is 1.31. The smallest absolute Gasteiger partial charge is 0.123 e. The molecule has 0 aromatic heterocycles. The maximum Gasteiger partial charge on any atom is 0.123 e. The average molecular weight is 298 g/mol. The van der Waals surface area contributed by atoms with Crippen LogP contribution in [-0.4, -0.2) is 0 Å². The lowest BCUT2D eigenvalue weighted by molar-refractivity contribution is 0.628. The third-order valence-corrected chi connectivity index (χ3v) is 2.67. The van der Waals surface area contributed by atoms with Crippen molar-refractivity contribution in [3.05, 3.63) is 57.9 Å². The zero-order chi connectivity index (χ0) is 9.97. The monoisotopic (exact) mass is 298 g/mol. The quantitative estimate of drug-likeness (QED) is 0.695. The van der Waals surface area contributed by atoms with Gasteiger partial charge in [-0.1, -0.05) is 24.3 Å². The van der Waals surface area contributed by atoms with Crippen molar-refractivity contribution < 1.29 is 4.39 Å². The minimum absolute atomic E-state index is 0.195. The summed E-state index contributed by atoms with van der Waals surface area (Å²) in [6, 6.07) is 14.7. The van der Waals surface area contributed by atoms with E-state index in [0.29, 0.717) is 0 Å². The van der Waals surface area contributed by atoms with Crippen molar-refractivity contribution in [1.82, 2.24) is 0 Å². The Bertz CT molecular complexity index is 434. The van der Waals surface area contributed by atoms with E-state index in [4.69, 9.17) is 0 Å². The van der Waals surface area contributed by atoms with Gasteiger partial charge in [0.15, 0.2) is 0 Å². The average Bonchev–Trinajstić information content (AvgIpc) is 2.19. The van der Waals surface area contributed by atoms with Crippen molar-refractivity contribution in [1.29, 1.82) is 0 Å². The SMILES string of the molecule is Fc1ccc(-c2cccc(I)c2)cc1. The van der Waals surface area contributed by atoms with E-state index in [0.717, 1.165) is 11.1 Å². The van der Waals surface area contributed by atoms with Crippen LogP contribution in [0.3, 0.4) is 0 Å². The van der Waals surface area contributed by atoms with Crippen LogP contribution in [-0.2, 0) is 0 Å². The molecule has 0 radical (unpaired) electrons. The standard InChI is InChI=1S/C12H8FI/c13-11-6-4-9(5-7-11)10-2-1-3-12(14)8-10/h1-8H. The molecule has 0 saturated heterocycles. The van der Waals surface area contributed by atoms with Gasteiger partial charge in [-0.15, -0.1) is 0 Å². The van der Waals surface area contributed by atoms with E-state index in [-0.39, 0.29) is 5.82 Å². The van der Waals surface area contributed by atoms with Crippen molar-refractivity contribution in [3.63, 3.8) is 0 Å². The highest BCUT2D eigenvalue weighted by molar-refractivity contribution is 14.1. The second-order valence-electron chi connectivity index (χ2n) is 3.02. The van der Waals surface area contributed by atoms with Crippen LogP contribution in [0.2, 0.25) is 0 Å². The summed E-state index contributed by atoms with van der Waals surface area (Å²) in [4.78, 5) is 0. The van der Waals surface area contributed by atoms with Gasteiger partial charge in [0.25, 0.3) is 0 Å². The summed E-state index contributed by atoms with van der Waals surface area (Å²) in [6.45, 7) is 0. The molecule has 70 valence electrons. The minimum atomic E-state index is -0.195. The summed E-state index contributed by atoms with van der Waals surface area (Å²) in [5.41, 5.74) is 2.17. The lowest BCUT2D eigenvalue weighted by atomic mass is 10.1. The largest absolute Gasteiger partial charge is 0.207 e. The molecule has 2 aromatic rings. The van der Waals surface area contributed by atoms with Gasteiger partial charge in [-0.3, -0.25) is 0 Å². The van der Waals surface area contributed by atoms with Crippen LogP contribution in [0.15, 0.2) is 48.5 Å². The van der Waals surface area contributed by atoms with Crippen LogP contribution in [0.4, 0.5) is 4.39 Å². The van der Waals surface area contributed by atoms with E-state index in [2.05, 4.69) is 28.7 Å². The summed E-state index contributed by atoms with van der Waals surface area (Å²) >= 11 is 2.26. The van der Waals surface area contributed by atoms with Gasteiger partial charge in [-0.05, 0) is 58.0 Å². The summed E-state index contributed by atoms with van der Waals surface area (Å²) in [5.74, 6) is -0.195. The first-order valence-electron chi connectivity index (χ1n) is 4.27. The molecular formula is C12H8FI. The van der Waals surface area contributed by atoms with Crippen molar-refractivity contribution >= 4 is 22.6 Å². The van der Waals surface area contributed by atoms with Gasteiger partial charge in [0.2, 0.25) is 0 Å². The molecule has 2 heteroatoms. The molecule has 0 amide bonds. The predicted octanol–water partition coefficient (Wildman–Crippen LogP) is 4.10. The first-order valence-corrected chi connectivity index (χ1v) is 5.35. The summed E-state index contributed by atoms with van der Waals surface area (Å²) < 4.78 is 13.9. The maximum atomic E-state index is 12.7. The summed E-state index contributed by atoms with van der Waals surface area (Å²) in [5, 5.41) is 0. The van der Waals surface area contributed by atoms with Crippen LogP contribution >= 0.6 is 22.6 Å². The van der Waals surface area contributed by atoms with Crippen LogP contribution in [0.5, 0.6) is 0 Å². The third-order valence-electron chi connectivity index (χ3n) is 2.00. The first-order chi connectivity index (χ1) is 6.75. The number of halogens is 2. The molecule has 0 spiro atoms. The molecule has 0 atom stereocenters. The Morgan fingerprint density at radius 3 is 2.21 bits per heavy atom. The van der Waals surface area contributed by atoms with Gasteiger partial charge in [0, 0.05) is 3.57 Å². The molecule has 0 saturated carbocycles. The second-order valence-corrected chi connectivity index (χ2v) is 4.26. The third kappa shape index (κ3) is 2.12. The van der Waals surface area contributed by atoms with E-state index < -0.39 is 0 Å². The molecule has 0 N–H and O–H groups in total. The second kappa shape index (κ2) is 4.09. The summed E-state index contributed by atoms with van der Waals surface area (Å²) in [6.07, 6.45) is 0. The molecule has 14 heavy (non-hydrogen) atoms. The highest BCUT2D eigenvalue weighted by Crippen LogP contribution is 2.21. The molecule has 2 aromatic carbocycles. The Labute approximate surface area is 95.9 Å². The summed E-state index contributed by atoms with van der Waals surface area (Å²) in [7, 11) is 0. The molecular weight excluding hydrogens is 290 g/mol. The van der Waals surface area contributed by atoms with Crippen molar-refractivity contribution in [2.24, 2.45) is 0 Å². The van der Waals surface area contributed by atoms with Crippen molar-refractivity contribution in [2.75, 3.05) is 0 Å². The molecule has 0 aliphatic heterocycles. The Morgan fingerprint density at radius 2 is 1.57 bits per heavy atom. The number of benzene rings is 2. The van der Waals surface area contributed by atoms with Gasteiger partial charge >= 0.3 is 0 Å². The molecule has 0 fully saturated rings. The van der Waals surface area contributed by atoms with E-state index in [1.807, 2.05) is 18.2 Å². The molecule has 0 unspecified atom stereocenters. The fourth-order valence-corrected chi connectivity index (χ4v) is 1.85. The van der Waals surface area contributed by atoms with E-state index in [1.165, 1.54) is 15.7 Å². The van der Waals surface area contributed by atoms with Gasteiger partial charge < -0.3 is 0 Å². The normalized spacial score (nSPS) is 10.1. The van der Waals surface area contributed by atoms with Crippen LogP contribution in [0, 0.1) is 9.39 Å². The Morgan fingerprint density at radius 1 is 0.857 bits per heavy atom. The van der Waals surface area contributed by atoms with Gasteiger partial charge in [0.1, 0.15) is 5.82 Å². The topological polar surface area (TPSA) is 0 Å². The van der Waals surface area contributed by atoms with E-state index in [1.54, 1.807) is 12.1 Å². The van der Waals surface area contributed by atoms with Crippen molar-refractivity contribution in [2.45, 2.75) is 0 Å². The number of rotatable bonds is 1. The molecule has 0 aliphatic carbocycles. The Balaban J connectivity index is 2.44. The van der Waals surface area contributed by atoms with E-state index >= 15 is 0 Å². The molecule has 0 heterocycles. The minimum Gasteiger partial charge on any atom is -0.207 e. The predicted molar refractivity (Wildman–Crippen MR) is 64.6 cm³/mol. The van der Waals surface area contributed by atoms with Gasteiger partial charge in [-0.2, -0.15) is 0 Å². The maximum absolute atomic E-state index is 12.7. The van der Waals surface area contributed by atoms with Gasteiger partial charge in [-0.25, -0.2) is 4.39 Å². The van der Waals surface area contributed by atoms with Crippen LogP contribution in [0.25, 0.3) is 11.1 Å². The lowest BCUT2D eigenvalue weighted by Gasteiger charge is -2.01. The van der Waals surface area contributed by atoms with Gasteiger partial charge in [0.05, 0.1) is 0 Å². The Kier molecular flexibility index (Phi) is 2.82. The Hall–Kier alpha value is -0.900. The van der Waals surface area contributed by atoms with Crippen LogP contribution < -0.4 is 0 Å². The molecule has 0 bridgehead atoms. The zero-order valence-corrected chi connectivity index (χ0v) is 9.53. The molecule has 0 aliphatic rings. The number of hydrogen-bond donors (Lipinski definition) is 0. The van der Waals surface area contributed by atoms with Crippen LogP contribution in [0.1, 0.15) is 0 Å². The lowest BCUT2D eigenvalue weighted by Crippen LogP contribution is -1.79. The first kappa shape index (κ1) is 9.65. The number of hydrogen-bond acceptors (Lipinski definition) is 0. The molecule has 0 nitrogen and oxygen atoms in total. The van der Waals surface area contributed by atoms with E-state index in [9.17, 15) is 4.39 Å². The highest BCUT2D eigenvalue weighted by Gasteiger charge is 1.97.